The Morgan fingerprint density at radius 3 is 2.53 bits per heavy atom. The lowest BCUT2D eigenvalue weighted by atomic mass is 9.98. The van der Waals surface area contributed by atoms with Crippen molar-refractivity contribution in [1.29, 1.82) is 0 Å². The van der Waals surface area contributed by atoms with Crippen molar-refractivity contribution < 1.29 is 43.1 Å². The van der Waals surface area contributed by atoms with Crippen LogP contribution in [-0.4, -0.2) is 115 Å². The van der Waals surface area contributed by atoms with Gasteiger partial charge in [-0.05, 0) is 32.0 Å². The number of hydrogen-bond acceptors (Lipinski definition) is 11. The van der Waals surface area contributed by atoms with Crippen molar-refractivity contribution >= 4 is 21.4 Å². The molecular formula is C23H37N3O9S. The average Bonchev–Trinajstić information content (AvgIpc) is 3.34. The van der Waals surface area contributed by atoms with Crippen LogP contribution in [0.25, 0.3) is 0 Å². The fraction of sp³-hybridized carbons (Fsp3) is 0.696. The molecule has 4 unspecified atom stereocenters. The second-order valence-corrected chi connectivity index (χ2v) is 11.2. The van der Waals surface area contributed by atoms with Gasteiger partial charge in [0.2, 0.25) is 0 Å². The fourth-order valence-corrected chi connectivity index (χ4v) is 5.72. The molecule has 1 aromatic carbocycles. The Balaban J connectivity index is 1.92. The molecule has 6 atom stereocenters. The number of aliphatic hydroxyl groups excluding tert-OH is 4. The number of amides is 1. The van der Waals surface area contributed by atoms with E-state index >= 15 is 0 Å². The molecule has 36 heavy (non-hydrogen) atoms. The molecule has 0 aliphatic carbocycles. The van der Waals surface area contributed by atoms with E-state index in [1.165, 1.54) is 26.2 Å². The Morgan fingerprint density at radius 2 is 1.92 bits per heavy atom. The lowest BCUT2D eigenvalue weighted by Gasteiger charge is -2.40. The number of likely N-dealkylation sites (tertiary alicyclic amines) is 1. The van der Waals surface area contributed by atoms with Crippen molar-refractivity contribution in [2.24, 2.45) is 0 Å². The Hall–Kier alpha value is -2.00. The van der Waals surface area contributed by atoms with Crippen LogP contribution >= 0.6 is 0 Å². The van der Waals surface area contributed by atoms with Crippen LogP contribution in [0.1, 0.15) is 37.0 Å². The zero-order valence-electron chi connectivity index (χ0n) is 20.8. The molecular weight excluding hydrogens is 494 g/mol. The first-order valence-corrected chi connectivity index (χ1v) is 13.8. The summed E-state index contributed by atoms with van der Waals surface area (Å²) in [6, 6.07) is 2.73. The minimum absolute atomic E-state index is 0.0254. The summed E-state index contributed by atoms with van der Waals surface area (Å²) in [7, 11) is -2.53. The lowest BCUT2D eigenvalue weighted by Crippen LogP contribution is -2.60. The van der Waals surface area contributed by atoms with Crippen LogP contribution in [0.2, 0.25) is 0 Å². The highest BCUT2D eigenvalue weighted by Gasteiger charge is 2.44. The number of anilines is 1. The zero-order valence-corrected chi connectivity index (χ0v) is 21.6. The SMILES string of the molecule is CCN1CCCC1CNC(=O)c1cc(S(=O)(=O)CC)c(N[C@@H]2OC(CO)[C@@H](O)C(O)C2O)cc1OC. The van der Waals surface area contributed by atoms with E-state index in [1.54, 1.807) is 0 Å². The summed E-state index contributed by atoms with van der Waals surface area (Å²) in [5.74, 6) is -0.660. The zero-order chi connectivity index (χ0) is 26.6. The number of nitrogens with one attached hydrogen (secondary N) is 2. The molecule has 1 aromatic rings. The van der Waals surface area contributed by atoms with Gasteiger partial charge in [0, 0.05) is 18.7 Å². The molecule has 1 amide bonds. The Labute approximate surface area is 211 Å². The van der Waals surface area contributed by atoms with Crippen LogP contribution < -0.4 is 15.4 Å². The molecule has 2 fully saturated rings. The van der Waals surface area contributed by atoms with Crippen LogP contribution in [0.5, 0.6) is 5.75 Å². The lowest BCUT2D eigenvalue weighted by molar-refractivity contribution is -0.221. The molecule has 3 rings (SSSR count). The van der Waals surface area contributed by atoms with E-state index < -0.39 is 53.0 Å². The maximum absolute atomic E-state index is 13.1. The first-order chi connectivity index (χ1) is 17.1. The van der Waals surface area contributed by atoms with Crippen molar-refractivity contribution in [3.05, 3.63) is 17.7 Å². The van der Waals surface area contributed by atoms with Gasteiger partial charge in [0.1, 0.15) is 30.2 Å². The van der Waals surface area contributed by atoms with E-state index in [2.05, 4.69) is 22.5 Å². The molecule has 2 heterocycles. The number of hydrogen-bond donors (Lipinski definition) is 6. The third-order valence-corrected chi connectivity index (χ3v) is 8.62. The first kappa shape index (κ1) is 28.6. The van der Waals surface area contributed by atoms with Gasteiger partial charge in [-0.2, -0.15) is 0 Å². The molecule has 2 aliphatic heterocycles. The van der Waals surface area contributed by atoms with Crippen molar-refractivity contribution in [3.8, 4) is 5.75 Å². The van der Waals surface area contributed by atoms with Crippen molar-refractivity contribution in [1.82, 2.24) is 10.2 Å². The van der Waals surface area contributed by atoms with Crippen LogP contribution in [0.3, 0.4) is 0 Å². The van der Waals surface area contributed by atoms with E-state index in [4.69, 9.17) is 9.47 Å². The molecule has 2 saturated heterocycles. The van der Waals surface area contributed by atoms with Gasteiger partial charge in [0.05, 0.1) is 35.6 Å². The number of ether oxygens (including phenoxy) is 2. The smallest absolute Gasteiger partial charge is 0.255 e. The maximum Gasteiger partial charge on any atom is 0.255 e. The number of sulfone groups is 1. The highest BCUT2D eigenvalue weighted by molar-refractivity contribution is 7.91. The van der Waals surface area contributed by atoms with E-state index in [-0.39, 0.29) is 33.7 Å². The number of methoxy groups -OCH3 is 1. The van der Waals surface area contributed by atoms with E-state index in [0.29, 0.717) is 6.54 Å². The molecule has 0 saturated carbocycles. The maximum atomic E-state index is 13.1. The molecule has 0 bridgehead atoms. The Morgan fingerprint density at radius 1 is 1.19 bits per heavy atom. The summed E-state index contributed by atoms with van der Waals surface area (Å²) in [4.78, 5) is 15.1. The predicted octanol–water partition coefficient (Wildman–Crippen LogP) is -1.09. The number of nitrogens with zero attached hydrogens (tertiary/aromatic N) is 1. The fourth-order valence-electron chi connectivity index (χ4n) is 4.65. The van der Waals surface area contributed by atoms with Crippen molar-refractivity contribution in [3.63, 3.8) is 0 Å². The summed E-state index contributed by atoms with van der Waals surface area (Å²) in [6.07, 6.45) is -5.38. The molecule has 12 nitrogen and oxygen atoms in total. The minimum atomic E-state index is -3.87. The summed E-state index contributed by atoms with van der Waals surface area (Å²) in [5.41, 5.74) is 0.00690. The number of carbonyl (C=O) groups is 1. The topological polar surface area (TPSA) is 178 Å². The van der Waals surface area contributed by atoms with Crippen LogP contribution in [0.4, 0.5) is 5.69 Å². The quantitative estimate of drug-likeness (QED) is 0.216. The molecule has 0 aromatic heterocycles. The van der Waals surface area contributed by atoms with Gasteiger partial charge < -0.3 is 40.5 Å². The number of rotatable bonds is 10. The highest BCUT2D eigenvalue weighted by Crippen LogP contribution is 2.33. The number of aliphatic hydroxyl groups is 4. The first-order valence-electron chi connectivity index (χ1n) is 12.1. The highest BCUT2D eigenvalue weighted by atomic mass is 32.2. The molecule has 2 aliphatic rings. The van der Waals surface area contributed by atoms with Gasteiger partial charge in [0.15, 0.2) is 16.1 Å². The summed E-state index contributed by atoms with van der Waals surface area (Å²) < 4.78 is 36.7. The third kappa shape index (κ3) is 5.93. The second kappa shape index (κ2) is 12.0. The summed E-state index contributed by atoms with van der Waals surface area (Å²) in [5, 5.41) is 45.6. The van der Waals surface area contributed by atoms with Gasteiger partial charge in [-0.1, -0.05) is 13.8 Å². The van der Waals surface area contributed by atoms with E-state index in [1.807, 2.05) is 0 Å². The average molecular weight is 532 g/mol. The molecule has 0 spiro atoms. The molecule has 0 radical (unpaired) electrons. The third-order valence-electron chi connectivity index (χ3n) is 6.85. The minimum Gasteiger partial charge on any atom is -0.496 e. The van der Waals surface area contributed by atoms with E-state index in [0.717, 1.165) is 25.9 Å². The van der Waals surface area contributed by atoms with Crippen molar-refractivity contribution in [2.45, 2.75) is 68.3 Å². The van der Waals surface area contributed by atoms with Gasteiger partial charge in [-0.25, -0.2) is 8.42 Å². The van der Waals surface area contributed by atoms with E-state index in [9.17, 15) is 33.6 Å². The number of likely N-dealkylation sites (N-methyl/N-ethyl adjacent to an activating group) is 1. The van der Waals surface area contributed by atoms with Gasteiger partial charge in [-0.3, -0.25) is 9.69 Å². The van der Waals surface area contributed by atoms with Gasteiger partial charge in [-0.15, -0.1) is 0 Å². The predicted molar refractivity (Wildman–Crippen MR) is 131 cm³/mol. The van der Waals surface area contributed by atoms with Gasteiger partial charge >= 0.3 is 0 Å². The monoisotopic (exact) mass is 531 g/mol. The normalized spacial score (nSPS) is 29.2. The molecule has 6 N–H and O–H groups in total. The molecule has 204 valence electrons. The van der Waals surface area contributed by atoms with Crippen LogP contribution in [-0.2, 0) is 14.6 Å². The standard InChI is InChI=1S/C23H37N3O9S/c1-4-26-8-6-7-13(26)11-24-22(31)14-9-18(36(32,33)5-2)15(10-16(14)34-3)25-23-21(30)20(29)19(28)17(12-27)35-23/h9-10,13,17,19-21,23,25,27-30H,4-8,11-12H2,1-3H3,(H,24,31)/t13?,17?,19-,20?,21?,23-/m1/s1. The number of carbonyl (C=O) groups excluding carboxylic acids is 1. The molecule has 13 heteroatoms. The van der Waals surface area contributed by atoms with Crippen molar-refractivity contribution in [2.75, 3.05) is 44.4 Å². The van der Waals surface area contributed by atoms with Crippen LogP contribution in [0.15, 0.2) is 17.0 Å². The Bertz CT molecular complexity index is 1020. The largest absolute Gasteiger partial charge is 0.496 e. The second-order valence-electron chi connectivity index (χ2n) is 8.98. The Kier molecular flexibility index (Phi) is 9.55. The van der Waals surface area contributed by atoms with Gasteiger partial charge in [0.25, 0.3) is 5.91 Å². The number of benzene rings is 1. The summed E-state index contributed by atoms with van der Waals surface area (Å²) >= 11 is 0. The summed E-state index contributed by atoms with van der Waals surface area (Å²) in [6.45, 7) is 5.14. The van der Waals surface area contributed by atoms with Crippen LogP contribution in [0, 0.1) is 0 Å².